The van der Waals surface area contributed by atoms with Gasteiger partial charge < -0.3 is 15.4 Å². The van der Waals surface area contributed by atoms with Crippen LogP contribution in [0.2, 0.25) is 5.02 Å². The van der Waals surface area contributed by atoms with Crippen LogP contribution in [0.1, 0.15) is 20.3 Å². The van der Waals surface area contributed by atoms with Gasteiger partial charge in [-0.15, -0.1) is 0 Å². The highest BCUT2D eigenvalue weighted by molar-refractivity contribution is 6.32. The van der Waals surface area contributed by atoms with Crippen LogP contribution in [-0.2, 0) is 4.79 Å². The SMILES string of the molecule is CC(Oc1ccc(F)cc1Cl)C(=O)N1CCC(C)(CN)C1. The first kappa shape index (κ1) is 16.0. The zero-order valence-corrected chi connectivity index (χ0v) is 13.0. The van der Waals surface area contributed by atoms with Crippen LogP contribution in [0, 0.1) is 11.2 Å². The molecule has 2 rings (SSSR count). The van der Waals surface area contributed by atoms with Gasteiger partial charge in [0.2, 0.25) is 0 Å². The van der Waals surface area contributed by atoms with Crippen molar-refractivity contribution in [2.75, 3.05) is 19.6 Å². The third-order valence-corrected chi connectivity index (χ3v) is 4.20. The fourth-order valence-electron chi connectivity index (χ4n) is 2.45. The molecule has 0 aromatic heterocycles. The lowest BCUT2D eigenvalue weighted by Crippen LogP contribution is -2.41. The minimum Gasteiger partial charge on any atom is -0.479 e. The molecule has 1 amide bonds. The molecule has 0 spiro atoms. The van der Waals surface area contributed by atoms with E-state index in [0.717, 1.165) is 12.5 Å². The number of nitrogens with two attached hydrogens (primary N) is 1. The normalized spacial score (nSPS) is 23.2. The van der Waals surface area contributed by atoms with E-state index in [-0.39, 0.29) is 16.3 Å². The highest BCUT2D eigenvalue weighted by atomic mass is 35.5. The molecule has 1 fully saturated rings. The van der Waals surface area contributed by atoms with E-state index in [2.05, 4.69) is 6.92 Å². The molecule has 6 heteroatoms. The number of ether oxygens (including phenoxy) is 1. The smallest absolute Gasteiger partial charge is 0.263 e. The van der Waals surface area contributed by atoms with E-state index in [4.69, 9.17) is 22.1 Å². The van der Waals surface area contributed by atoms with Crippen molar-refractivity contribution in [1.29, 1.82) is 0 Å². The molecule has 1 heterocycles. The van der Waals surface area contributed by atoms with Crippen molar-refractivity contribution in [3.63, 3.8) is 0 Å². The summed E-state index contributed by atoms with van der Waals surface area (Å²) in [7, 11) is 0. The van der Waals surface area contributed by atoms with Gasteiger partial charge in [-0.25, -0.2) is 4.39 Å². The molecule has 1 aliphatic heterocycles. The van der Waals surface area contributed by atoms with Crippen LogP contribution in [0.4, 0.5) is 4.39 Å². The standard InChI is InChI=1S/C15H20ClFN2O2/c1-10(21-13-4-3-11(17)7-12(13)16)14(20)19-6-5-15(2,8-18)9-19/h3-4,7,10H,5-6,8-9,18H2,1-2H3. The second-order valence-electron chi connectivity index (χ2n) is 5.86. The fraction of sp³-hybridized carbons (Fsp3) is 0.533. The Labute approximate surface area is 129 Å². The average Bonchev–Trinajstić information content (AvgIpc) is 2.84. The molecule has 0 aliphatic carbocycles. The van der Waals surface area contributed by atoms with Gasteiger partial charge in [0.05, 0.1) is 5.02 Å². The summed E-state index contributed by atoms with van der Waals surface area (Å²) in [6.45, 7) is 5.60. The lowest BCUT2D eigenvalue weighted by Gasteiger charge is -2.25. The van der Waals surface area contributed by atoms with Crippen LogP contribution >= 0.6 is 11.6 Å². The fourth-order valence-corrected chi connectivity index (χ4v) is 2.66. The molecule has 0 saturated carbocycles. The summed E-state index contributed by atoms with van der Waals surface area (Å²) in [5.74, 6) is -0.239. The third kappa shape index (κ3) is 3.66. The topological polar surface area (TPSA) is 55.6 Å². The summed E-state index contributed by atoms with van der Waals surface area (Å²) in [5, 5.41) is 0.155. The Kier molecular flexibility index (Phi) is 4.74. The quantitative estimate of drug-likeness (QED) is 0.928. The Balaban J connectivity index is 2.00. The minimum absolute atomic E-state index is 0.0249. The van der Waals surface area contributed by atoms with Gasteiger partial charge in [-0.3, -0.25) is 4.79 Å². The van der Waals surface area contributed by atoms with Crippen molar-refractivity contribution in [3.8, 4) is 5.75 Å². The molecule has 2 unspecified atom stereocenters. The van der Waals surface area contributed by atoms with E-state index in [0.29, 0.717) is 25.4 Å². The number of amides is 1. The number of benzene rings is 1. The molecule has 1 aromatic rings. The summed E-state index contributed by atoms with van der Waals surface area (Å²) >= 11 is 5.90. The van der Waals surface area contributed by atoms with Crippen molar-refractivity contribution in [1.82, 2.24) is 4.90 Å². The van der Waals surface area contributed by atoms with Crippen LogP contribution in [0.5, 0.6) is 5.75 Å². The zero-order valence-electron chi connectivity index (χ0n) is 12.2. The van der Waals surface area contributed by atoms with Crippen LogP contribution in [0.25, 0.3) is 0 Å². The van der Waals surface area contributed by atoms with Gasteiger partial charge in [-0.2, -0.15) is 0 Å². The molecule has 21 heavy (non-hydrogen) atoms. The first-order valence-electron chi connectivity index (χ1n) is 6.95. The number of carbonyl (C=O) groups excluding carboxylic acids is 1. The van der Waals surface area contributed by atoms with Gasteiger partial charge >= 0.3 is 0 Å². The Morgan fingerprint density at radius 3 is 2.90 bits per heavy atom. The zero-order chi connectivity index (χ0) is 15.6. The predicted octanol–water partition coefficient (Wildman–Crippen LogP) is 2.44. The summed E-state index contributed by atoms with van der Waals surface area (Å²) in [4.78, 5) is 14.1. The molecular weight excluding hydrogens is 295 g/mol. The number of likely N-dealkylation sites (tertiary alicyclic amines) is 1. The van der Waals surface area contributed by atoms with Crippen molar-refractivity contribution in [2.45, 2.75) is 26.4 Å². The van der Waals surface area contributed by atoms with Gasteiger partial charge in [0.25, 0.3) is 5.91 Å². The van der Waals surface area contributed by atoms with Crippen LogP contribution in [-0.4, -0.2) is 36.5 Å². The maximum Gasteiger partial charge on any atom is 0.263 e. The number of hydrogen-bond acceptors (Lipinski definition) is 3. The molecule has 0 radical (unpaired) electrons. The van der Waals surface area contributed by atoms with E-state index in [1.807, 2.05) is 0 Å². The van der Waals surface area contributed by atoms with E-state index in [1.165, 1.54) is 12.1 Å². The number of carbonyl (C=O) groups is 1. The molecule has 2 N–H and O–H groups in total. The molecule has 2 atom stereocenters. The molecular formula is C15H20ClFN2O2. The summed E-state index contributed by atoms with van der Waals surface area (Å²) in [6.07, 6.45) is 0.215. The van der Waals surface area contributed by atoms with Crippen molar-refractivity contribution in [2.24, 2.45) is 11.1 Å². The van der Waals surface area contributed by atoms with Crippen LogP contribution in [0.15, 0.2) is 18.2 Å². The van der Waals surface area contributed by atoms with E-state index in [1.54, 1.807) is 11.8 Å². The Morgan fingerprint density at radius 1 is 1.62 bits per heavy atom. The van der Waals surface area contributed by atoms with Gasteiger partial charge in [0.15, 0.2) is 6.10 Å². The molecule has 4 nitrogen and oxygen atoms in total. The monoisotopic (exact) mass is 314 g/mol. The lowest BCUT2D eigenvalue weighted by molar-refractivity contribution is -0.137. The summed E-state index contributed by atoms with van der Waals surface area (Å²) in [6, 6.07) is 3.84. The first-order chi connectivity index (χ1) is 9.84. The number of hydrogen-bond donors (Lipinski definition) is 1. The molecule has 1 aromatic carbocycles. The maximum atomic E-state index is 13.0. The highest BCUT2D eigenvalue weighted by Crippen LogP contribution is 2.30. The van der Waals surface area contributed by atoms with Crippen molar-refractivity contribution in [3.05, 3.63) is 29.0 Å². The summed E-state index contributed by atoms with van der Waals surface area (Å²) in [5.41, 5.74) is 5.72. The first-order valence-corrected chi connectivity index (χ1v) is 7.33. The largest absolute Gasteiger partial charge is 0.479 e. The van der Waals surface area contributed by atoms with Gasteiger partial charge in [0, 0.05) is 13.1 Å². The highest BCUT2D eigenvalue weighted by Gasteiger charge is 2.36. The average molecular weight is 315 g/mol. The Morgan fingerprint density at radius 2 is 2.33 bits per heavy atom. The summed E-state index contributed by atoms with van der Waals surface area (Å²) < 4.78 is 18.5. The van der Waals surface area contributed by atoms with Crippen LogP contribution in [0.3, 0.4) is 0 Å². The van der Waals surface area contributed by atoms with Gasteiger partial charge in [-0.1, -0.05) is 18.5 Å². The minimum atomic E-state index is -0.673. The maximum absolute atomic E-state index is 13.0. The van der Waals surface area contributed by atoms with Crippen LogP contribution < -0.4 is 10.5 Å². The van der Waals surface area contributed by atoms with Crippen molar-refractivity contribution >= 4 is 17.5 Å². The Hall–Kier alpha value is -1.33. The second kappa shape index (κ2) is 6.20. The van der Waals surface area contributed by atoms with Gasteiger partial charge in [-0.05, 0) is 43.5 Å². The predicted molar refractivity (Wildman–Crippen MR) is 79.9 cm³/mol. The van der Waals surface area contributed by atoms with Crippen molar-refractivity contribution < 1.29 is 13.9 Å². The number of rotatable bonds is 4. The molecule has 0 bridgehead atoms. The van der Waals surface area contributed by atoms with E-state index in [9.17, 15) is 9.18 Å². The second-order valence-corrected chi connectivity index (χ2v) is 6.27. The number of halogens is 2. The Bertz CT molecular complexity index is 540. The third-order valence-electron chi connectivity index (χ3n) is 3.91. The number of nitrogens with zero attached hydrogens (tertiary/aromatic N) is 1. The van der Waals surface area contributed by atoms with E-state index >= 15 is 0 Å². The van der Waals surface area contributed by atoms with E-state index < -0.39 is 11.9 Å². The molecule has 1 aliphatic rings. The van der Waals surface area contributed by atoms with Gasteiger partial charge in [0.1, 0.15) is 11.6 Å². The molecule has 1 saturated heterocycles. The molecule has 116 valence electrons. The lowest BCUT2D eigenvalue weighted by atomic mass is 9.90.